The molecule has 0 unspecified atom stereocenters. The molecule has 0 saturated heterocycles. The van der Waals surface area contributed by atoms with Gasteiger partial charge in [0.15, 0.2) is 0 Å². The van der Waals surface area contributed by atoms with Gasteiger partial charge in [0.1, 0.15) is 0 Å². The smallest absolute Gasteiger partial charge is 0.313 e. The highest BCUT2D eigenvalue weighted by Crippen LogP contribution is 2.19. The predicted molar refractivity (Wildman–Crippen MR) is 72.4 cm³/mol. The molecule has 1 heterocycles. The molecule has 0 aliphatic heterocycles. The molecule has 1 N–H and O–H groups in total. The van der Waals surface area contributed by atoms with Crippen molar-refractivity contribution in [2.45, 2.75) is 32.6 Å². The zero-order chi connectivity index (χ0) is 12.8. The standard InChI is InChI=1S/C15H18N2O/c1-2-3-4-5-12-6-8-13(9-7-12)14-10-16-15(18)17-11-14/h6-11H,2-5H2,1H3,(H,16,17,18). The van der Waals surface area contributed by atoms with Crippen LogP contribution in [0.15, 0.2) is 36.7 Å². The topological polar surface area (TPSA) is 46.0 Å². The van der Waals surface area contributed by atoms with Crippen molar-refractivity contribution in [2.24, 2.45) is 0 Å². The van der Waals surface area contributed by atoms with Crippen LogP contribution in [0.25, 0.3) is 11.1 Å². The van der Waals surface area contributed by atoms with Gasteiger partial charge in [-0.3, -0.25) is 0 Å². The Morgan fingerprint density at radius 2 is 1.61 bits per heavy atom. The maximum absolute atomic E-state index is 9.05. The summed E-state index contributed by atoms with van der Waals surface area (Å²) in [5, 5.41) is 9.05. The third-order valence-electron chi connectivity index (χ3n) is 2.99. The summed E-state index contributed by atoms with van der Waals surface area (Å²) in [6.45, 7) is 2.22. The van der Waals surface area contributed by atoms with Gasteiger partial charge in [-0.05, 0) is 24.0 Å². The van der Waals surface area contributed by atoms with Gasteiger partial charge in [-0.1, -0.05) is 44.0 Å². The number of nitrogens with zero attached hydrogens (tertiary/aromatic N) is 2. The summed E-state index contributed by atoms with van der Waals surface area (Å²) < 4.78 is 0. The molecule has 0 radical (unpaired) electrons. The van der Waals surface area contributed by atoms with Crippen LogP contribution in [0.1, 0.15) is 31.7 Å². The first-order valence-electron chi connectivity index (χ1n) is 6.40. The van der Waals surface area contributed by atoms with E-state index < -0.39 is 0 Å². The lowest BCUT2D eigenvalue weighted by atomic mass is 10.0. The highest BCUT2D eigenvalue weighted by Gasteiger charge is 2.00. The third-order valence-corrected chi connectivity index (χ3v) is 2.99. The molecule has 3 nitrogen and oxygen atoms in total. The van der Waals surface area contributed by atoms with E-state index in [1.54, 1.807) is 12.4 Å². The molecule has 94 valence electrons. The molecule has 0 atom stereocenters. The van der Waals surface area contributed by atoms with Gasteiger partial charge in [-0.15, -0.1) is 0 Å². The van der Waals surface area contributed by atoms with Crippen molar-refractivity contribution in [3.8, 4) is 17.1 Å². The Labute approximate surface area is 108 Å². The van der Waals surface area contributed by atoms with Gasteiger partial charge in [0.05, 0.1) is 0 Å². The molecule has 2 rings (SSSR count). The molecule has 0 amide bonds. The van der Waals surface area contributed by atoms with Crippen LogP contribution in [-0.2, 0) is 6.42 Å². The summed E-state index contributed by atoms with van der Waals surface area (Å²) in [5.74, 6) is 0. The molecule has 1 aromatic heterocycles. The van der Waals surface area contributed by atoms with Crippen LogP contribution < -0.4 is 0 Å². The average molecular weight is 242 g/mol. The van der Waals surface area contributed by atoms with E-state index in [1.165, 1.54) is 24.8 Å². The molecule has 2 aromatic rings. The van der Waals surface area contributed by atoms with E-state index in [9.17, 15) is 0 Å². The van der Waals surface area contributed by atoms with Gasteiger partial charge in [0.2, 0.25) is 0 Å². The molecular formula is C15H18N2O. The minimum atomic E-state index is -0.185. The van der Waals surface area contributed by atoms with Crippen LogP contribution in [0.2, 0.25) is 0 Å². The van der Waals surface area contributed by atoms with Crippen molar-refractivity contribution >= 4 is 0 Å². The summed E-state index contributed by atoms with van der Waals surface area (Å²) in [6, 6.07) is 8.28. The van der Waals surface area contributed by atoms with E-state index in [4.69, 9.17) is 5.11 Å². The van der Waals surface area contributed by atoms with Gasteiger partial charge < -0.3 is 5.11 Å². The van der Waals surface area contributed by atoms with Crippen LogP contribution in [-0.4, -0.2) is 15.1 Å². The van der Waals surface area contributed by atoms with Crippen LogP contribution in [0.4, 0.5) is 0 Å². The second-order valence-corrected chi connectivity index (χ2v) is 4.43. The maximum Gasteiger partial charge on any atom is 0.313 e. The Kier molecular flexibility index (Phi) is 4.29. The van der Waals surface area contributed by atoms with Crippen molar-refractivity contribution in [2.75, 3.05) is 0 Å². The minimum Gasteiger partial charge on any atom is -0.479 e. The Bertz CT molecular complexity index is 477. The van der Waals surface area contributed by atoms with Crippen molar-refractivity contribution in [1.29, 1.82) is 0 Å². The Morgan fingerprint density at radius 3 is 2.22 bits per heavy atom. The summed E-state index contributed by atoms with van der Waals surface area (Å²) in [4.78, 5) is 7.57. The summed E-state index contributed by atoms with van der Waals surface area (Å²) >= 11 is 0. The predicted octanol–water partition coefficient (Wildman–Crippen LogP) is 3.58. The van der Waals surface area contributed by atoms with Gasteiger partial charge in [0.25, 0.3) is 0 Å². The fourth-order valence-electron chi connectivity index (χ4n) is 1.91. The third kappa shape index (κ3) is 3.29. The molecule has 3 heteroatoms. The lowest BCUT2D eigenvalue weighted by Gasteiger charge is -2.04. The van der Waals surface area contributed by atoms with Crippen molar-refractivity contribution in [3.05, 3.63) is 42.2 Å². The first kappa shape index (κ1) is 12.6. The fraction of sp³-hybridized carbons (Fsp3) is 0.333. The van der Waals surface area contributed by atoms with Gasteiger partial charge >= 0.3 is 6.01 Å². The van der Waals surface area contributed by atoms with E-state index in [1.807, 2.05) is 0 Å². The number of aromatic hydroxyl groups is 1. The quantitative estimate of drug-likeness (QED) is 0.815. The van der Waals surface area contributed by atoms with E-state index in [0.29, 0.717) is 0 Å². The number of benzene rings is 1. The summed E-state index contributed by atoms with van der Waals surface area (Å²) in [6.07, 6.45) is 8.19. The lowest BCUT2D eigenvalue weighted by Crippen LogP contribution is -1.87. The van der Waals surface area contributed by atoms with Gasteiger partial charge in [0, 0.05) is 18.0 Å². The normalized spacial score (nSPS) is 10.5. The Hall–Kier alpha value is -1.90. The lowest BCUT2D eigenvalue weighted by molar-refractivity contribution is 0.430. The molecule has 18 heavy (non-hydrogen) atoms. The summed E-state index contributed by atoms with van der Waals surface area (Å²) in [5.41, 5.74) is 3.37. The van der Waals surface area contributed by atoms with E-state index in [2.05, 4.69) is 41.2 Å². The number of aromatic nitrogens is 2. The van der Waals surface area contributed by atoms with E-state index in [0.717, 1.165) is 17.5 Å². The van der Waals surface area contributed by atoms with Gasteiger partial charge in [-0.25, -0.2) is 9.97 Å². The van der Waals surface area contributed by atoms with E-state index >= 15 is 0 Å². The fourth-order valence-corrected chi connectivity index (χ4v) is 1.91. The number of hydrogen-bond acceptors (Lipinski definition) is 3. The molecule has 0 saturated carbocycles. The highest BCUT2D eigenvalue weighted by molar-refractivity contribution is 5.61. The van der Waals surface area contributed by atoms with Crippen molar-refractivity contribution in [1.82, 2.24) is 9.97 Å². The number of unbranched alkanes of at least 4 members (excludes halogenated alkanes) is 2. The first-order chi connectivity index (χ1) is 8.79. The van der Waals surface area contributed by atoms with Crippen LogP contribution >= 0.6 is 0 Å². The SMILES string of the molecule is CCCCCc1ccc(-c2cnc(O)nc2)cc1. The first-order valence-corrected chi connectivity index (χ1v) is 6.40. The van der Waals surface area contributed by atoms with Crippen molar-refractivity contribution < 1.29 is 5.11 Å². The molecule has 0 fully saturated rings. The maximum atomic E-state index is 9.05. The summed E-state index contributed by atoms with van der Waals surface area (Å²) in [7, 11) is 0. The second kappa shape index (κ2) is 6.15. The average Bonchev–Trinajstić information content (AvgIpc) is 2.41. The number of aryl methyl sites for hydroxylation is 1. The van der Waals surface area contributed by atoms with E-state index in [-0.39, 0.29) is 6.01 Å². The number of hydrogen-bond donors (Lipinski definition) is 1. The van der Waals surface area contributed by atoms with Crippen molar-refractivity contribution in [3.63, 3.8) is 0 Å². The second-order valence-electron chi connectivity index (χ2n) is 4.43. The zero-order valence-electron chi connectivity index (χ0n) is 10.6. The molecule has 0 spiro atoms. The minimum absolute atomic E-state index is 0.185. The molecule has 0 aliphatic rings. The van der Waals surface area contributed by atoms with Crippen LogP contribution in [0.5, 0.6) is 6.01 Å². The molecule has 0 bridgehead atoms. The van der Waals surface area contributed by atoms with Gasteiger partial charge in [-0.2, -0.15) is 0 Å². The van der Waals surface area contributed by atoms with Crippen LogP contribution in [0, 0.1) is 0 Å². The Morgan fingerprint density at radius 1 is 0.944 bits per heavy atom. The largest absolute Gasteiger partial charge is 0.479 e. The Balaban J connectivity index is 2.05. The molecular weight excluding hydrogens is 224 g/mol. The monoisotopic (exact) mass is 242 g/mol. The number of rotatable bonds is 5. The highest BCUT2D eigenvalue weighted by atomic mass is 16.3. The van der Waals surface area contributed by atoms with Crippen LogP contribution in [0.3, 0.4) is 0 Å². The zero-order valence-corrected chi connectivity index (χ0v) is 10.6. The molecule has 0 aliphatic carbocycles. The molecule has 1 aromatic carbocycles.